The molecule has 1 aliphatic heterocycles. The molecule has 0 saturated carbocycles. The Morgan fingerprint density at radius 2 is 1.76 bits per heavy atom. The molecule has 0 aliphatic carbocycles. The maximum atomic E-state index is 13.3. The van der Waals surface area contributed by atoms with Gasteiger partial charge in [-0.25, -0.2) is 18.2 Å². The number of nitrogens with one attached hydrogen (secondary N) is 2. The van der Waals surface area contributed by atoms with Crippen molar-refractivity contribution in [2.45, 2.75) is 24.5 Å². The van der Waals surface area contributed by atoms with Crippen LogP contribution in [0.25, 0.3) is 11.3 Å². The molecule has 244 valence electrons. The SMILES string of the molecule is Cc1cccnc1-c1cc(Oc2ccc(S(C)(=O)=O)cc2)cc(C(=O)Nc2nc(CN3CCNCC3)cs2)c1.O=C(O)C(F)(F)F. The van der Waals surface area contributed by atoms with Crippen molar-refractivity contribution in [3.8, 4) is 22.8 Å². The number of thiazole rings is 1. The first-order chi connectivity index (χ1) is 21.7. The van der Waals surface area contributed by atoms with Crippen molar-refractivity contribution in [1.82, 2.24) is 20.2 Å². The summed E-state index contributed by atoms with van der Waals surface area (Å²) in [6.07, 6.45) is -2.22. The molecule has 0 bridgehead atoms. The van der Waals surface area contributed by atoms with Gasteiger partial charge in [-0.3, -0.25) is 20.0 Å². The first-order valence-electron chi connectivity index (χ1n) is 13.7. The molecule has 1 aliphatic rings. The number of benzene rings is 2. The summed E-state index contributed by atoms with van der Waals surface area (Å²) in [7, 11) is -3.32. The predicted octanol–water partition coefficient (Wildman–Crippen LogP) is 5.00. The Labute approximate surface area is 267 Å². The third kappa shape index (κ3) is 9.81. The van der Waals surface area contributed by atoms with E-state index in [-0.39, 0.29) is 10.8 Å². The Kier molecular flexibility index (Phi) is 11.1. The maximum Gasteiger partial charge on any atom is 0.490 e. The van der Waals surface area contributed by atoms with Gasteiger partial charge in [0.1, 0.15) is 11.5 Å². The highest BCUT2D eigenvalue weighted by atomic mass is 32.2. The van der Waals surface area contributed by atoms with Gasteiger partial charge in [0.2, 0.25) is 0 Å². The summed E-state index contributed by atoms with van der Waals surface area (Å²) in [6.45, 7) is 6.57. The summed E-state index contributed by atoms with van der Waals surface area (Å²) in [5.41, 5.74) is 3.73. The smallest absolute Gasteiger partial charge is 0.475 e. The quantitative estimate of drug-likeness (QED) is 0.233. The van der Waals surface area contributed by atoms with E-state index in [4.69, 9.17) is 14.6 Å². The highest BCUT2D eigenvalue weighted by Gasteiger charge is 2.38. The zero-order valence-electron chi connectivity index (χ0n) is 24.7. The molecule has 3 N–H and O–H groups in total. The molecule has 46 heavy (non-hydrogen) atoms. The molecule has 0 atom stereocenters. The van der Waals surface area contributed by atoms with E-state index >= 15 is 0 Å². The molecule has 0 radical (unpaired) electrons. The van der Waals surface area contributed by atoms with Crippen LogP contribution in [-0.2, 0) is 21.2 Å². The van der Waals surface area contributed by atoms with Crippen molar-refractivity contribution in [3.05, 3.63) is 83.0 Å². The zero-order valence-corrected chi connectivity index (χ0v) is 26.3. The number of ether oxygens (including phenoxy) is 1. The largest absolute Gasteiger partial charge is 0.490 e. The van der Waals surface area contributed by atoms with Crippen molar-refractivity contribution < 1.29 is 41.0 Å². The summed E-state index contributed by atoms with van der Waals surface area (Å²) in [6, 6.07) is 15.2. The van der Waals surface area contributed by atoms with E-state index in [1.165, 1.54) is 23.5 Å². The third-order valence-electron chi connectivity index (χ3n) is 6.55. The Balaban J connectivity index is 0.000000617. The number of sulfone groups is 1. The van der Waals surface area contributed by atoms with E-state index < -0.39 is 22.0 Å². The normalized spacial score (nSPS) is 13.8. The van der Waals surface area contributed by atoms with Crippen LogP contribution in [0.5, 0.6) is 11.5 Å². The number of rotatable bonds is 8. The number of anilines is 1. The van der Waals surface area contributed by atoms with Gasteiger partial charge >= 0.3 is 12.1 Å². The molecular formula is C30H30F3N5O6S2. The van der Waals surface area contributed by atoms with E-state index in [0.717, 1.165) is 61.5 Å². The van der Waals surface area contributed by atoms with Gasteiger partial charge in [-0.1, -0.05) is 6.07 Å². The van der Waals surface area contributed by atoms with Crippen LogP contribution >= 0.6 is 11.3 Å². The minimum Gasteiger partial charge on any atom is -0.475 e. The number of amides is 1. The Morgan fingerprint density at radius 1 is 1.09 bits per heavy atom. The van der Waals surface area contributed by atoms with Crippen molar-refractivity contribution in [1.29, 1.82) is 0 Å². The van der Waals surface area contributed by atoms with E-state index in [0.29, 0.717) is 22.2 Å². The molecule has 11 nitrogen and oxygen atoms in total. The fourth-order valence-electron chi connectivity index (χ4n) is 4.31. The fraction of sp³-hybridized carbons (Fsp3) is 0.267. The number of alkyl halides is 3. The number of halogens is 3. The van der Waals surface area contributed by atoms with E-state index in [9.17, 15) is 26.4 Å². The standard InChI is InChI=1S/C28H29N5O4S2.C2HF3O2/c1-19-4-3-9-30-26(19)20-14-21(16-24(15-20)37-23-5-7-25(8-6-23)39(2,35)36)27(34)32-28-31-22(18-38-28)17-33-12-10-29-11-13-33;3-2(4,5)1(6)7/h3-9,14-16,18,29H,10-13,17H2,1-2H3,(H,31,32,34);(H,6,7). The lowest BCUT2D eigenvalue weighted by molar-refractivity contribution is -0.192. The number of aryl methyl sites for hydroxylation is 1. The van der Waals surface area contributed by atoms with Gasteiger partial charge < -0.3 is 15.2 Å². The molecule has 4 aromatic rings. The van der Waals surface area contributed by atoms with Crippen molar-refractivity contribution in [2.24, 2.45) is 0 Å². The van der Waals surface area contributed by atoms with E-state index in [2.05, 4.69) is 25.5 Å². The number of carbonyl (C=O) groups is 2. The number of carbonyl (C=O) groups excluding carboxylic acids is 1. The van der Waals surface area contributed by atoms with Crippen molar-refractivity contribution in [2.75, 3.05) is 37.8 Å². The number of hydrogen-bond donors (Lipinski definition) is 3. The molecule has 3 heterocycles. The van der Waals surface area contributed by atoms with Crippen LogP contribution in [-0.4, -0.2) is 78.9 Å². The molecule has 1 fully saturated rings. The Bertz CT molecular complexity index is 1790. The van der Waals surface area contributed by atoms with Gasteiger partial charge in [0.25, 0.3) is 5.91 Å². The van der Waals surface area contributed by atoms with Crippen LogP contribution in [0.15, 0.2) is 71.1 Å². The second-order valence-corrected chi connectivity index (χ2v) is 13.1. The van der Waals surface area contributed by atoms with Crippen LogP contribution in [0.1, 0.15) is 21.6 Å². The van der Waals surface area contributed by atoms with Gasteiger partial charge in [0.05, 0.1) is 16.3 Å². The van der Waals surface area contributed by atoms with E-state index in [1.807, 2.05) is 30.5 Å². The number of carboxylic acid groups (broad SMARTS) is 1. The minimum absolute atomic E-state index is 0.201. The van der Waals surface area contributed by atoms with Gasteiger partial charge in [-0.15, -0.1) is 11.3 Å². The summed E-state index contributed by atoms with van der Waals surface area (Å²) in [4.78, 5) is 33.9. The molecule has 5 rings (SSSR count). The topological polar surface area (TPSA) is 151 Å². The first-order valence-corrected chi connectivity index (χ1v) is 16.5. The van der Waals surface area contributed by atoms with E-state index in [1.54, 1.807) is 30.5 Å². The molecule has 1 saturated heterocycles. The highest BCUT2D eigenvalue weighted by molar-refractivity contribution is 7.90. The number of pyridine rings is 1. The lowest BCUT2D eigenvalue weighted by Gasteiger charge is -2.26. The second kappa shape index (κ2) is 14.8. The van der Waals surface area contributed by atoms with Crippen molar-refractivity contribution in [3.63, 3.8) is 0 Å². The Hall–Kier alpha value is -4.38. The van der Waals surface area contributed by atoms with Gasteiger partial charge in [0, 0.05) is 61.7 Å². The fourth-order valence-corrected chi connectivity index (χ4v) is 5.64. The van der Waals surface area contributed by atoms with Crippen LogP contribution < -0.4 is 15.4 Å². The van der Waals surface area contributed by atoms with Crippen LogP contribution in [0.3, 0.4) is 0 Å². The summed E-state index contributed by atoms with van der Waals surface area (Å²) < 4.78 is 61.4. The Morgan fingerprint density at radius 3 is 2.37 bits per heavy atom. The monoisotopic (exact) mass is 677 g/mol. The van der Waals surface area contributed by atoms with Crippen molar-refractivity contribution >= 4 is 38.2 Å². The minimum atomic E-state index is -5.08. The lowest BCUT2D eigenvalue weighted by Crippen LogP contribution is -2.42. The summed E-state index contributed by atoms with van der Waals surface area (Å²) in [5, 5.41) is 15.9. The molecule has 1 amide bonds. The predicted molar refractivity (Wildman–Crippen MR) is 166 cm³/mol. The molecule has 2 aromatic carbocycles. The number of carboxylic acids is 1. The number of piperazine rings is 1. The summed E-state index contributed by atoms with van der Waals surface area (Å²) in [5.74, 6) is -2.20. The number of nitrogens with zero attached hydrogens (tertiary/aromatic N) is 3. The lowest BCUT2D eigenvalue weighted by atomic mass is 10.0. The third-order valence-corrected chi connectivity index (χ3v) is 8.48. The van der Waals surface area contributed by atoms with Crippen LogP contribution in [0, 0.1) is 6.92 Å². The molecule has 16 heteroatoms. The molecule has 2 aromatic heterocycles. The number of aromatic nitrogens is 2. The average Bonchev–Trinajstić information content (AvgIpc) is 3.43. The first kappa shape index (κ1) is 34.5. The highest BCUT2D eigenvalue weighted by Crippen LogP contribution is 2.31. The second-order valence-electron chi connectivity index (χ2n) is 10.2. The summed E-state index contributed by atoms with van der Waals surface area (Å²) >= 11 is 1.40. The van der Waals surface area contributed by atoms with Gasteiger partial charge in [-0.2, -0.15) is 13.2 Å². The number of aliphatic carboxylic acids is 1. The molecular weight excluding hydrogens is 647 g/mol. The van der Waals surface area contributed by atoms with Crippen LogP contribution in [0.4, 0.5) is 18.3 Å². The van der Waals surface area contributed by atoms with Gasteiger partial charge in [-0.05, 0) is 61.0 Å². The number of hydrogen-bond acceptors (Lipinski definition) is 10. The van der Waals surface area contributed by atoms with Crippen LogP contribution in [0.2, 0.25) is 0 Å². The zero-order chi connectivity index (χ0) is 33.5. The molecule has 0 spiro atoms. The maximum absolute atomic E-state index is 13.3. The average molecular weight is 678 g/mol. The van der Waals surface area contributed by atoms with Gasteiger partial charge in [0.15, 0.2) is 15.0 Å². The molecule has 0 unspecified atom stereocenters.